The van der Waals surface area contributed by atoms with Gasteiger partial charge in [0, 0.05) is 11.8 Å². The first-order valence-electron chi connectivity index (χ1n) is 2.68. The molecule has 0 aliphatic carbocycles. The fraction of sp³-hybridized carbons (Fsp3) is 0.200. The first-order chi connectivity index (χ1) is 4.74. The SMILES string of the molecule is Cl.Nc1[nH]c(=O)ncc1CO. The Labute approximate surface area is 68.7 Å². The first kappa shape index (κ1) is 9.93. The average molecular weight is 178 g/mol. The van der Waals surface area contributed by atoms with Gasteiger partial charge in [-0.2, -0.15) is 0 Å². The summed E-state index contributed by atoms with van der Waals surface area (Å²) in [4.78, 5) is 16.0. The fourth-order valence-corrected chi connectivity index (χ4v) is 0.560. The molecule has 1 aromatic rings. The fourth-order valence-electron chi connectivity index (χ4n) is 0.560. The van der Waals surface area contributed by atoms with E-state index in [1.165, 1.54) is 6.20 Å². The Kier molecular flexibility index (Phi) is 3.56. The Morgan fingerprint density at radius 2 is 2.36 bits per heavy atom. The molecule has 5 nitrogen and oxygen atoms in total. The van der Waals surface area contributed by atoms with Gasteiger partial charge in [0.15, 0.2) is 0 Å². The van der Waals surface area contributed by atoms with Crippen LogP contribution in [0.1, 0.15) is 5.56 Å². The van der Waals surface area contributed by atoms with Crippen molar-refractivity contribution in [2.45, 2.75) is 6.61 Å². The highest BCUT2D eigenvalue weighted by Crippen LogP contribution is 2.00. The summed E-state index contributed by atoms with van der Waals surface area (Å²) in [5.74, 6) is 0.169. The highest BCUT2D eigenvalue weighted by atomic mass is 35.5. The second kappa shape index (κ2) is 3.95. The van der Waals surface area contributed by atoms with Gasteiger partial charge in [-0.3, -0.25) is 4.98 Å². The number of nitrogens with one attached hydrogen (secondary N) is 1. The van der Waals surface area contributed by atoms with E-state index in [1.54, 1.807) is 0 Å². The van der Waals surface area contributed by atoms with Crippen molar-refractivity contribution in [3.05, 3.63) is 22.2 Å². The van der Waals surface area contributed by atoms with Gasteiger partial charge in [-0.15, -0.1) is 12.4 Å². The molecule has 0 radical (unpaired) electrons. The minimum atomic E-state index is -0.505. The van der Waals surface area contributed by atoms with Crippen LogP contribution in [-0.2, 0) is 6.61 Å². The lowest BCUT2D eigenvalue weighted by atomic mass is 10.3. The summed E-state index contributed by atoms with van der Waals surface area (Å²) in [6.45, 7) is -0.213. The Bertz CT molecular complexity index is 285. The number of aliphatic hydroxyl groups is 1. The molecule has 11 heavy (non-hydrogen) atoms. The number of nitrogen functional groups attached to an aromatic ring is 1. The number of aromatic nitrogens is 2. The molecule has 6 heteroatoms. The molecule has 1 rings (SSSR count). The summed E-state index contributed by atoms with van der Waals surface area (Å²) in [6.07, 6.45) is 1.24. The van der Waals surface area contributed by atoms with Crippen molar-refractivity contribution >= 4 is 18.2 Å². The zero-order chi connectivity index (χ0) is 7.56. The smallest absolute Gasteiger partial charge is 0.346 e. The number of rotatable bonds is 1. The predicted molar refractivity (Wildman–Crippen MR) is 42.4 cm³/mol. The lowest BCUT2D eigenvalue weighted by Crippen LogP contribution is -2.13. The van der Waals surface area contributed by atoms with E-state index in [2.05, 4.69) is 9.97 Å². The highest BCUT2D eigenvalue weighted by Gasteiger charge is 1.96. The molecule has 0 aromatic carbocycles. The van der Waals surface area contributed by atoms with Crippen LogP contribution in [0.25, 0.3) is 0 Å². The monoisotopic (exact) mass is 177 g/mol. The maximum Gasteiger partial charge on any atom is 0.346 e. The van der Waals surface area contributed by atoms with E-state index in [-0.39, 0.29) is 24.8 Å². The molecular formula is C5H8ClN3O2. The van der Waals surface area contributed by atoms with Gasteiger partial charge >= 0.3 is 5.69 Å². The number of hydrogen-bond acceptors (Lipinski definition) is 4. The highest BCUT2D eigenvalue weighted by molar-refractivity contribution is 5.85. The molecule has 4 N–H and O–H groups in total. The molecule has 0 aliphatic rings. The second-order valence-electron chi connectivity index (χ2n) is 1.79. The van der Waals surface area contributed by atoms with Gasteiger partial charge < -0.3 is 10.8 Å². The first-order valence-corrected chi connectivity index (χ1v) is 2.68. The number of aromatic amines is 1. The quantitative estimate of drug-likeness (QED) is 0.527. The van der Waals surface area contributed by atoms with Crippen molar-refractivity contribution in [3.63, 3.8) is 0 Å². The molecule has 0 unspecified atom stereocenters. The van der Waals surface area contributed by atoms with Crippen LogP contribution in [0.3, 0.4) is 0 Å². The van der Waals surface area contributed by atoms with Gasteiger partial charge in [0.25, 0.3) is 0 Å². The van der Waals surface area contributed by atoms with E-state index in [0.717, 1.165) is 0 Å². The zero-order valence-corrected chi connectivity index (χ0v) is 6.39. The maximum absolute atomic E-state index is 10.4. The Morgan fingerprint density at radius 1 is 1.73 bits per heavy atom. The number of anilines is 1. The summed E-state index contributed by atoms with van der Waals surface area (Å²) in [5.41, 5.74) is 5.20. The van der Waals surface area contributed by atoms with Gasteiger partial charge in [0.1, 0.15) is 5.82 Å². The third-order valence-corrected chi connectivity index (χ3v) is 1.10. The number of nitrogens with two attached hydrogens (primary N) is 1. The number of aliphatic hydroxyl groups excluding tert-OH is 1. The van der Waals surface area contributed by atoms with Crippen LogP contribution in [0, 0.1) is 0 Å². The van der Waals surface area contributed by atoms with Crippen LogP contribution in [0.15, 0.2) is 11.0 Å². The molecule has 0 amide bonds. The Hall–Kier alpha value is -1.07. The normalized spacial score (nSPS) is 8.82. The van der Waals surface area contributed by atoms with Crippen LogP contribution in [-0.4, -0.2) is 15.1 Å². The van der Waals surface area contributed by atoms with Gasteiger partial charge in [-0.1, -0.05) is 0 Å². The molecule has 0 saturated carbocycles. The third-order valence-electron chi connectivity index (χ3n) is 1.10. The Balaban J connectivity index is 0.000001000. The van der Waals surface area contributed by atoms with Crippen LogP contribution < -0.4 is 11.4 Å². The van der Waals surface area contributed by atoms with Crippen LogP contribution in [0.2, 0.25) is 0 Å². The van der Waals surface area contributed by atoms with E-state index in [9.17, 15) is 4.79 Å². The number of nitrogens with zero attached hydrogens (tertiary/aromatic N) is 1. The standard InChI is InChI=1S/C5H7N3O2.ClH/c6-4-3(2-9)1-7-5(10)8-4;/h1,9H,2H2,(H3,6,7,8,10);1H. The zero-order valence-electron chi connectivity index (χ0n) is 5.57. The molecule has 0 atom stereocenters. The van der Waals surface area contributed by atoms with Crippen molar-refractivity contribution < 1.29 is 5.11 Å². The van der Waals surface area contributed by atoms with Crippen molar-refractivity contribution in [2.75, 3.05) is 5.73 Å². The Morgan fingerprint density at radius 3 is 2.82 bits per heavy atom. The topological polar surface area (TPSA) is 92.0 Å². The van der Waals surface area contributed by atoms with Crippen LogP contribution in [0.4, 0.5) is 5.82 Å². The summed E-state index contributed by atoms with van der Waals surface area (Å²) in [7, 11) is 0. The van der Waals surface area contributed by atoms with Crippen molar-refractivity contribution in [2.24, 2.45) is 0 Å². The molecule has 0 spiro atoms. The van der Waals surface area contributed by atoms with Crippen molar-refractivity contribution in [3.8, 4) is 0 Å². The number of H-pyrrole nitrogens is 1. The van der Waals surface area contributed by atoms with Crippen molar-refractivity contribution in [1.82, 2.24) is 9.97 Å². The molecule has 0 aliphatic heterocycles. The van der Waals surface area contributed by atoms with Crippen molar-refractivity contribution in [1.29, 1.82) is 0 Å². The molecule has 0 fully saturated rings. The summed E-state index contributed by atoms with van der Waals surface area (Å²) in [5, 5.41) is 8.57. The van der Waals surface area contributed by atoms with Gasteiger partial charge in [0.05, 0.1) is 6.61 Å². The summed E-state index contributed by atoms with van der Waals surface area (Å²) >= 11 is 0. The summed E-state index contributed by atoms with van der Waals surface area (Å²) in [6, 6.07) is 0. The maximum atomic E-state index is 10.4. The van der Waals surface area contributed by atoms with Gasteiger partial charge in [-0.05, 0) is 0 Å². The van der Waals surface area contributed by atoms with E-state index in [1.807, 2.05) is 0 Å². The van der Waals surface area contributed by atoms with E-state index in [0.29, 0.717) is 5.56 Å². The van der Waals surface area contributed by atoms with E-state index in [4.69, 9.17) is 10.8 Å². The number of hydrogen-bond donors (Lipinski definition) is 3. The average Bonchev–Trinajstić information content (AvgIpc) is 1.88. The minimum absolute atomic E-state index is 0. The second-order valence-corrected chi connectivity index (χ2v) is 1.79. The largest absolute Gasteiger partial charge is 0.391 e. The summed E-state index contributed by atoms with van der Waals surface area (Å²) < 4.78 is 0. The predicted octanol–water partition coefficient (Wildman–Crippen LogP) is -0.734. The molecular weight excluding hydrogens is 170 g/mol. The minimum Gasteiger partial charge on any atom is -0.391 e. The third kappa shape index (κ3) is 2.21. The molecule has 62 valence electrons. The van der Waals surface area contributed by atoms with Crippen LogP contribution in [0.5, 0.6) is 0 Å². The van der Waals surface area contributed by atoms with Gasteiger partial charge in [0.2, 0.25) is 0 Å². The lowest BCUT2D eigenvalue weighted by molar-refractivity contribution is 0.281. The molecule has 1 heterocycles. The molecule has 0 bridgehead atoms. The van der Waals surface area contributed by atoms with Crippen LogP contribution >= 0.6 is 12.4 Å². The van der Waals surface area contributed by atoms with E-state index >= 15 is 0 Å². The van der Waals surface area contributed by atoms with E-state index < -0.39 is 5.69 Å². The number of halogens is 1. The molecule has 1 aromatic heterocycles. The lowest BCUT2D eigenvalue weighted by Gasteiger charge is -1.97. The van der Waals surface area contributed by atoms with Gasteiger partial charge in [-0.25, -0.2) is 9.78 Å². The molecule has 0 saturated heterocycles.